The highest BCUT2D eigenvalue weighted by molar-refractivity contribution is 9.10. The van der Waals surface area contributed by atoms with E-state index in [0.717, 1.165) is 15.9 Å². The SMILES string of the molecule is Cc1cc(Oc2ccc(Br)cc2)c(CO)cn1. The minimum atomic E-state index is -0.0842. The molecule has 2 aromatic rings. The zero-order valence-electron chi connectivity index (χ0n) is 9.35. The van der Waals surface area contributed by atoms with Gasteiger partial charge in [0.1, 0.15) is 11.5 Å². The maximum absolute atomic E-state index is 9.20. The number of hydrogen-bond acceptors (Lipinski definition) is 3. The molecule has 0 aliphatic heterocycles. The molecule has 2 rings (SSSR count). The summed E-state index contributed by atoms with van der Waals surface area (Å²) in [5.74, 6) is 1.37. The Balaban J connectivity index is 2.28. The number of hydrogen-bond donors (Lipinski definition) is 1. The summed E-state index contributed by atoms with van der Waals surface area (Å²) in [6.07, 6.45) is 1.63. The highest BCUT2D eigenvalue weighted by atomic mass is 79.9. The van der Waals surface area contributed by atoms with E-state index in [0.29, 0.717) is 11.3 Å². The molecule has 0 bridgehead atoms. The fourth-order valence-corrected chi connectivity index (χ4v) is 1.67. The Kier molecular flexibility index (Phi) is 3.76. The molecule has 0 aliphatic rings. The van der Waals surface area contributed by atoms with Gasteiger partial charge < -0.3 is 9.84 Å². The number of aryl methyl sites for hydroxylation is 1. The van der Waals surface area contributed by atoms with E-state index in [1.807, 2.05) is 37.3 Å². The molecule has 4 heteroatoms. The molecule has 3 nitrogen and oxygen atoms in total. The van der Waals surface area contributed by atoms with Gasteiger partial charge in [-0.05, 0) is 31.2 Å². The van der Waals surface area contributed by atoms with Gasteiger partial charge in [0, 0.05) is 28.0 Å². The summed E-state index contributed by atoms with van der Waals surface area (Å²) in [6, 6.07) is 9.35. The van der Waals surface area contributed by atoms with Crippen molar-refractivity contribution in [3.05, 3.63) is 52.3 Å². The van der Waals surface area contributed by atoms with Crippen LogP contribution in [0.3, 0.4) is 0 Å². The molecule has 1 aromatic heterocycles. The Labute approximate surface area is 108 Å². The zero-order valence-corrected chi connectivity index (χ0v) is 10.9. The van der Waals surface area contributed by atoms with E-state index in [9.17, 15) is 5.11 Å². The van der Waals surface area contributed by atoms with Gasteiger partial charge in [-0.3, -0.25) is 4.98 Å². The van der Waals surface area contributed by atoms with Gasteiger partial charge >= 0.3 is 0 Å². The van der Waals surface area contributed by atoms with Crippen LogP contribution in [0.5, 0.6) is 11.5 Å². The molecule has 0 aliphatic carbocycles. The number of benzene rings is 1. The average molecular weight is 294 g/mol. The lowest BCUT2D eigenvalue weighted by atomic mass is 10.2. The van der Waals surface area contributed by atoms with Crippen molar-refractivity contribution in [1.29, 1.82) is 0 Å². The minimum absolute atomic E-state index is 0.0842. The van der Waals surface area contributed by atoms with Crippen molar-refractivity contribution in [2.24, 2.45) is 0 Å². The van der Waals surface area contributed by atoms with E-state index in [-0.39, 0.29) is 6.61 Å². The molecule has 0 amide bonds. The third-order valence-corrected chi connectivity index (χ3v) is 2.82. The molecule has 1 heterocycles. The van der Waals surface area contributed by atoms with Gasteiger partial charge in [0.15, 0.2) is 0 Å². The van der Waals surface area contributed by atoms with Crippen molar-refractivity contribution in [2.45, 2.75) is 13.5 Å². The second-order valence-corrected chi connectivity index (χ2v) is 4.56. The number of aliphatic hydroxyl groups excluding tert-OH is 1. The standard InChI is InChI=1S/C13H12BrNO2/c1-9-6-13(10(8-16)7-15-9)17-12-4-2-11(14)3-5-12/h2-7,16H,8H2,1H3. The molecule has 0 spiro atoms. The van der Waals surface area contributed by atoms with Gasteiger partial charge in [0.2, 0.25) is 0 Å². The first-order valence-corrected chi connectivity index (χ1v) is 5.98. The van der Waals surface area contributed by atoms with Crippen molar-refractivity contribution in [1.82, 2.24) is 4.98 Å². The summed E-state index contributed by atoms with van der Waals surface area (Å²) in [5.41, 5.74) is 1.54. The molecule has 0 saturated carbocycles. The van der Waals surface area contributed by atoms with Crippen LogP contribution in [-0.2, 0) is 6.61 Å². The van der Waals surface area contributed by atoms with Gasteiger partial charge in [-0.15, -0.1) is 0 Å². The van der Waals surface area contributed by atoms with Crippen LogP contribution in [0.4, 0.5) is 0 Å². The van der Waals surface area contributed by atoms with E-state index in [4.69, 9.17) is 4.74 Å². The lowest BCUT2D eigenvalue weighted by Gasteiger charge is -2.10. The van der Waals surface area contributed by atoms with Crippen LogP contribution in [0.2, 0.25) is 0 Å². The largest absolute Gasteiger partial charge is 0.457 e. The second-order valence-electron chi connectivity index (χ2n) is 3.65. The Morgan fingerprint density at radius 2 is 2.00 bits per heavy atom. The summed E-state index contributed by atoms with van der Waals surface area (Å²) in [4.78, 5) is 4.12. The number of aliphatic hydroxyl groups is 1. The smallest absolute Gasteiger partial charge is 0.136 e. The van der Waals surface area contributed by atoms with Crippen molar-refractivity contribution < 1.29 is 9.84 Å². The van der Waals surface area contributed by atoms with E-state index >= 15 is 0 Å². The first-order chi connectivity index (χ1) is 8.19. The molecule has 17 heavy (non-hydrogen) atoms. The van der Waals surface area contributed by atoms with E-state index in [1.165, 1.54) is 0 Å². The third kappa shape index (κ3) is 3.05. The molecule has 0 unspecified atom stereocenters. The molecular formula is C13H12BrNO2. The maximum atomic E-state index is 9.20. The molecule has 1 N–H and O–H groups in total. The van der Waals surface area contributed by atoms with Gasteiger partial charge in [-0.1, -0.05) is 15.9 Å². The molecular weight excluding hydrogens is 282 g/mol. The third-order valence-electron chi connectivity index (χ3n) is 2.29. The van der Waals surface area contributed by atoms with Crippen molar-refractivity contribution >= 4 is 15.9 Å². The first-order valence-electron chi connectivity index (χ1n) is 5.19. The Bertz CT molecular complexity index is 511. The fourth-order valence-electron chi connectivity index (χ4n) is 1.41. The summed E-state index contributed by atoms with van der Waals surface area (Å²) < 4.78 is 6.71. The Morgan fingerprint density at radius 1 is 1.29 bits per heavy atom. The van der Waals surface area contributed by atoms with Crippen LogP contribution in [0.15, 0.2) is 41.0 Å². The maximum Gasteiger partial charge on any atom is 0.136 e. The van der Waals surface area contributed by atoms with Crippen molar-refractivity contribution in [2.75, 3.05) is 0 Å². The minimum Gasteiger partial charge on any atom is -0.457 e. The molecule has 0 radical (unpaired) electrons. The first kappa shape index (κ1) is 12.1. The van der Waals surface area contributed by atoms with Gasteiger partial charge in [0.25, 0.3) is 0 Å². The number of pyridine rings is 1. The van der Waals surface area contributed by atoms with Crippen LogP contribution in [-0.4, -0.2) is 10.1 Å². The molecule has 0 fully saturated rings. The summed E-state index contributed by atoms with van der Waals surface area (Å²) >= 11 is 3.37. The van der Waals surface area contributed by atoms with Crippen LogP contribution in [0, 0.1) is 6.92 Å². The van der Waals surface area contributed by atoms with Crippen LogP contribution < -0.4 is 4.74 Å². The molecule has 0 saturated heterocycles. The highest BCUT2D eigenvalue weighted by Gasteiger charge is 2.05. The lowest BCUT2D eigenvalue weighted by Crippen LogP contribution is -1.94. The number of ether oxygens (including phenoxy) is 1. The van der Waals surface area contributed by atoms with Crippen molar-refractivity contribution in [3.63, 3.8) is 0 Å². The van der Waals surface area contributed by atoms with Gasteiger partial charge in [-0.25, -0.2) is 0 Å². The number of rotatable bonds is 3. The second kappa shape index (κ2) is 5.29. The molecule has 0 atom stereocenters. The fraction of sp³-hybridized carbons (Fsp3) is 0.154. The predicted octanol–water partition coefficient (Wildman–Crippen LogP) is 3.44. The summed E-state index contributed by atoms with van der Waals surface area (Å²) in [5, 5.41) is 9.20. The number of aromatic nitrogens is 1. The molecule has 1 aromatic carbocycles. The Morgan fingerprint density at radius 3 is 2.65 bits per heavy atom. The highest BCUT2D eigenvalue weighted by Crippen LogP contribution is 2.26. The quantitative estimate of drug-likeness (QED) is 0.943. The van der Waals surface area contributed by atoms with E-state index < -0.39 is 0 Å². The van der Waals surface area contributed by atoms with E-state index in [1.54, 1.807) is 6.20 Å². The van der Waals surface area contributed by atoms with Crippen LogP contribution >= 0.6 is 15.9 Å². The Hall–Kier alpha value is -1.39. The van der Waals surface area contributed by atoms with Crippen molar-refractivity contribution in [3.8, 4) is 11.5 Å². The lowest BCUT2D eigenvalue weighted by molar-refractivity contribution is 0.276. The van der Waals surface area contributed by atoms with Crippen LogP contribution in [0.1, 0.15) is 11.3 Å². The summed E-state index contributed by atoms with van der Waals surface area (Å²) in [7, 11) is 0. The topological polar surface area (TPSA) is 42.4 Å². The molecule has 88 valence electrons. The number of halogens is 1. The van der Waals surface area contributed by atoms with E-state index in [2.05, 4.69) is 20.9 Å². The van der Waals surface area contributed by atoms with Gasteiger partial charge in [0.05, 0.1) is 6.61 Å². The number of nitrogens with zero attached hydrogens (tertiary/aromatic N) is 1. The normalized spacial score (nSPS) is 10.3. The summed E-state index contributed by atoms with van der Waals surface area (Å²) in [6.45, 7) is 1.80. The monoisotopic (exact) mass is 293 g/mol. The van der Waals surface area contributed by atoms with Crippen LogP contribution in [0.25, 0.3) is 0 Å². The predicted molar refractivity (Wildman–Crippen MR) is 69.1 cm³/mol. The zero-order chi connectivity index (χ0) is 12.3. The van der Waals surface area contributed by atoms with Gasteiger partial charge in [-0.2, -0.15) is 0 Å². The average Bonchev–Trinajstić information content (AvgIpc) is 2.32.